The van der Waals surface area contributed by atoms with E-state index in [2.05, 4.69) is 15.2 Å². The molecule has 2 N–H and O–H groups in total. The molecule has 0 aliphatic carbocycles. The fourth-order valence-corrected chi connectivity index (χ4v) is 2.29. The van der Waals surface area contributed by atoms with Crippen molar-refractivity contribution in [2.75, 3.05) is 7.11 Å². The smallest absolute Gasteiger partial charge is 0.435 e. The number of hydrogen-bond acceptors (Lipinski definition) is 4. The molecular weight excluding hydrogens is 327 g/mol. The van der Waals surface area contributed by atoms with E-state index in [4.69, 9.17) is 9.84 Å². The Labute approximate surface area is 132 Å². The second-order valence-corrected chi connectivity index (χ2v) is 4.94. The summed E-state index contributed by atoms with van der Waals surface area (Å²) in [7, 11) is 1.28. The van der Waals surface area contributed by atoms with Crippen LogP contribution < -0.4 is 4.74 Å². The maximum Gasteiger partial charge on any atom is 0.435 e. The van der Waals surface area contributed by atoms with E-state index in [9.17, 15) is 18.0 Å². The van der Waals surface area contributed by atoms with Gasteiger partial charge in [-0.2, -0.15) is 13.2 Å². The largest absolute Gasteiger partial charge is 0.479 e. The summed E-state index contributed by atoms with van der Waals surface area (Å²) in [4.78, 5) is 13.7. The van der Waals surface area contributed by atoms with Crippen molar-refractivity contribution in [3.8, 4) is 17.0 Å². The lowest BCUT2D eigenvalue weighted by atomic mass is 10.0. The number of aromatic amines is 1. The number of carboxylic acids is 1. The summed E-state index contributed by atoms with van der Waals surface area (Å²) >= 11 is 0. The van der Waals surface area contributed by atoms with Gasteiger partial charge in [0.15, 0.2) is 5.69 Å². The molecule has 0 radical (unpaired) electrons. The molecule has 0 amide bonds. The summed E-state index contributed by atoms with van der Waals surface area (Å²) in [5.74, 6) is -1.19. The van der Waals surface area contributed by atoms with E-state index >= 15 is 0 Å². The molecular formula is C15H10F3N3O3. The zero-order valence-electron chi connectivity index (χ0n) is 12.2. The van der Waals surface area contributed by atoms with E-state index in [-0.39, 0.29) is 17.1 Å². The Morgan fingerprint density at radius 2 is 1.96 bits per heavy atom. The number of rotatable bonds is 3. The minimum atomic E-state index is -4.64. The van der Waals surface area contributed by atoms with Crippen molar-refractivity contribution in [3.05, 3.63) is 41.7 Å². The molecule has 0 fully saturated rings. The van der Waals surface area contributed by atoms with Gasteiger partial charge in [-0.3, -0.25) is 0 Å². The monoisotopic (exact) mass is 337 g/mol. The SMILES string of the molecule is COc1nnc(C(F)(F)F)cc1-c1ccc2[nH]c(C(=O)O)cc2c1. The van der Waals surface area contributed by atoms with Crippen molar-refractivity contribution in [2.45, 2.75) is 6.18 Å². The lowest BCUT2D eigenvalue weighted by Gasteiger charge is -2.10. The molecule has 0 bridgehead atoms. The van der Waals surface area contributed by atoms with Gasteiger partial charge in [-0.25, -0.2) is 4.79 Å². The van der Waals surface area contributed by atoms with Gasteiger partial charge in [-0.15, -0.1) is 10.2 Å². The van der Waals surface area contributed by atoms with Gasteiger partial charge in [0.1, 0.15) is 5.69 Å². The molecule has 9 heteroatoms. The number of carboxylic acid groups (broad SMARTS) is 1. The van der Waals surface area contributed by atoms with E-state index < -0.39 is 17.8 Å². The van der Waals surface area contributed by atoms with Crippen LogP contribution in [-0.2, 0) is 6.18 Å². The first-order valence-corrected chi connectivity index (χ1v) is 6.65. The van der Waals surface area contributed by atoms with Crippen LogP contribution in [0.4, 0.5) is 13.2 Å². The number of carbonyl (C=O) groups is 1. The molecule has 0 saturated carbocycles. The highest BCUT2D eigenvalue weighted by Crippen LogP contribution is 2.35. The molecule has 24 heavy (non-hydrogen) atoms. The number of fused-ring (bicyclic) bond motifs is 1. The average Bonchev–Trinajstić information content (AvgIpc) is 2.96. The van der Waals surface area contributed by atoms with Crippen LogP contribution in [0.25, 0.3) is 22.0 Å². The maximum absolute atomic E-state index is 12.9. The van der Waals surface area contributed by atoms with Crippen LogP contribution in [0.15, 0.2) is 30.3 Å². The van der Waals surface area contributed by atoms with Crippen LogP contribution >= 0.6 is 0 Å². The molecule has 6 nitrogen and oxygen atoms in total. The van der Waals surface area contributed by atoms with Gasteiger partial charge in [0.25, 0.3) is 0 Å². The number of nitrogens with one attached hydrogen (secondary N) is 1. The van der Waals surface area contributed by atoms with Crippen LogP contribution in [0.2, 0.25) is 0 Å². The number of alkyl halides is 3. The van der Waals surface area contributed by atoms with Gasteiger partial charge in [-0.1, -0.05) is 6.07 Å². The number of H-pyrrole nitrogens is 1. The molecule has 3 rings (SSSR count). The highest BCUT2D eigenvalue weighted by Gasteiger charge is 2.34. The normalized spacial score (nSPS) is 11.7. The first-order valence-electron chi connectivity index (χ1n) is 6.65. The highest BCUT2D eigenvalue weighted by atomic mass is 19.4. The van der Waals surface area contributed by atoms with Crippen molar-refractivity contribution in [3.63, 3.8) is 0 Å². The van der Waals surface area contributed by atoms with Crippen LogP contribution in [0.3, 0.4) is 0 Å². The Morgan fingerprint density at radius 1 is 1.21 bits per heavy atom. The lowest BCUT2D eigenvalue weighted by molar-refractivity contribution is -0.141. The fraction of sp³-hybridized carbons (Fsp3) is 0.133. The van der Waals surface area contributed by atoms with Gasteiger partial charge in [0, 0.05) is 16.5 Å². The van der Waals surface area contributed by atoms with Crippen LogP contribution in [0.5, 0.6) is 5.88 Å². The number of ether oxygens (including phenoxy) is 1. The standard InChI is InChI=1S/C15H10F3N3O3/c1-24-13-9(6-12(20-21-13)15(16,17)18)7-2-3-10-8(4-7)5-11(19-10)14(22)23/h2-6,19H,1H3,(H,22,23). The maximum atomic E-state index is 12.9. The van der Waals surface area contributed by atoms with Gasteiger partial charge in [0.2, 0.25) is 5.88 Å². The Morgan fingerprint density at radius 3 is 2.58 bits per heavy atom. The van der Waals surface area contributed by atoms with Crippen LogP contribution in [0.1, 0.15) is 16.2 Å². The molecule has 2 heterocycles. The second kappa shape index (κ2) is 5.52. The third kappa shape index (κ3) is 2.75. The summed E-state index contributed by atoms with van der Waals surface area (Å²) in [6, 6.07) is 6.91. The molecule has 0 saturated heterocycles. The van der Waals surface area contributed by atoms with Crippen molar-refractivity contribution < 1.29 is 27.8 Å². The molecule has 1 aromatic carbocycles. The number of aromatic nitrogens is 3. The molecule has 0 atom stereocenters. The van der Waals surface area contributed by atoms with Crippen molar-refractivity contribution in [1.82, 2.24) is 15.2 Å². The summed E-state index contributed by atoms with van der Waals surface area (Å²) in [6.45, 7) is 0. The number of benzene rings is 1. The average molecular weight is 337 g/mol. The predicted octanol–water partition coefficient (Wildman–Crippen LogP) is 3.35. The first kappa shape index (κ1) is 15.8. The molecule has 0 aliphatic heterocycles. The number of nitrogens with zero attached hydrogens (tertiary/aromatic N) is 2. The summed E-state index contributed by atoms with van der Waals surface area (Å²) in [5.41, 5.74) is -0.0969. The zero-order chi connectivity index (χ0) is 17.5. The minimum absolute atomic E-state index is 0.0158. The minimum Gasteiger partial charge on any atom is -0.479 e. The van der Waals surface area contributed by atoms with E-state index in [0.717, 1.165) is 6.07 Å². The summed E-state index contributed by atoms with van der Waals surface area (Å²) in [6.07, 6.45) is -4.64. The molecule has 0 spiro atoms. The first-order chi connectivity index (χ1) is 11.3. The molecule has 124 valence electrons. The fourth-order valence-electron chi connectivity index (χ4n) is 2.29. The van der Waals surface area contributed by atoms with E-state index in [1.165, 1.54) is 13.2 Å². The van der Waals surface area contributed by atoms with Gasteiger partial charge < -0.3 is 14.8 Å². The molecule has 0 unspecified atom stereocenters. The number of aromatic carboxylic acids is 1. The molecule has 3 aromatic rings. The van der Waals surface area contributed by atoms with Crippen molar-refractivity contribution in [2.24, 2.45) is 0 Å². The van der Waals surface area contributed by atoms with Crippen LogP contribution in [0, 0.1) is 0 Å². The Balaban J connectivity index is 2.16. The predicted molar refractivity (Wildman–Crippen MR) is 77.8 cm³/mol. The van der Waals surface area contributed by atoms with Crippen LogP contribution in [-0.4, -0.2) is 33.4 Å². The number of hydrogen-bond donors (Lipinski definition) is 2. The zero-order valence-corrected chi connectivity index (χ0v) is 12.2. The topological polar surface area (TPSA) is 88.1 Å². The van der Waals surface area contributed by atoms with Crippen molar-refractivity contribution in [1.29, 1.82) is 0 Å². The molecule has 2 aromatic heterocycles. The number of halogens is 3. The summed E-state index contributed by atoms with van der Waals surface area (Å²) < 4.78 is 43.5. The Hall–Kier alpha value is -3.10. The third-order valence-corrected chi connectivity index (χ3v) is 3.41. The Bertz CT molecular complexity index is 935. The third-order valence-electron chi connectivity index (χ3n) is 3.41. The summed E-state index contributed by atoms with van der Waals surface area (Å²) in [5, 5.41) is 16.1. The highest BCUT2D eigenvalue weighted by molar-refractivity contribution is 5.95. The lowest BCUT2D eigenvalue weighted by Crippen LogP contribution is -2.10. The number of methoxy groups -OCH3 is 1. The quantitative estimate of drug-likeness (QED) is 0.765. The van der Waals surface area contributed by atoms with Gasteiger partial charge in [0.05, 0.1) is 7.11 Å². The van der Waals surface area contributed by atoms with E-state index in [1.54, 1.807) is 18.2 Å². The van der Waals surface area contributed by atoms with E-state index in [0.29, 0.717) is 16.5 Å². The Kier molecular flexibility index (Phi) is 3.63. The van der Waals surface area contributed by atoms with Gasteiger partial charge >= 0.3 is 12.1 Å². The van der Waals surface area contributed by atoms with Gasteiger partial charge in [-0.05, 0) is 29.8 Å². The molecule has 0 aliphatic rings. The second-order valence-electron chi connectivity index (χ2n) is 4.94. The van der Waals surface area contributed by atoms with Crippen molar-refractivity contribution >= 4 is 16.9 Å². The van der Waals surface area contributed by atoms with E-state index in [1.807, 2.05) is 0 Å².